The highest BCUT2D eigenvalue weighted by atomic mass is 16.5. The molecule has 1 N–H and O–H groups in total. The smallest absolute Gasteiger partial charge is 0.333 e. The van der Waals surface area contributed by atoms with Gasteiger partial charge in [-0.2, -0.15) is 0 Å². The maximum absolute atomic E-state index is 10.8. The van der Waals surface area contributed by atoms with Crippen LogP contribution in [0.2, 0.25) is 0 Å². The topological polar surface area (TPSA) is 51.5 Å². The van der Waals surface area contributed by atoms with Gasteiger partial charge in [-0.25, -0.2) is 4.79 Å². The van der Waals surface area contributed by atoms with Crippen LogP contribution >= 0.6 is 0 Å². The molecule has 0 saturated carbocycles. The van der Waals surface area contributed by atoms with Gasteiger partial charge in [0.1, 0.15) is 0 Å². The van der Waals surface area contributed by atoms with Crippen molar-refractivity contribution in [1.82, 2.24) is 4.57 Å². The number of hydrogen-bond donors (Lipinski definition) is 1. The summed E-state index contributed by atoms with van der Waals surface area (Å²) >= 11 is 0. The highest BCUT2D eigenvalue weighted by molar-refractivity contribution is 5.73. The van der Waals surface area contributed by atoms with Crippen molar-refractivity contribution in [2.24, 2.45) is 5.92 Å². The first-order chi connectivity index (χ1) is 6.77. The Morgan fingerprint density at radius 2 is 2.21 bits per heavy atom. The Balaban J connectivity index is 2.00. The highest BCUT2D eigenvalue weighted by Crippen LogP contribution is 2.22. The molecule has 2 heterocycles. The first-order valence-corrected chi connectivity index (χ1v) is 4.72. The molecule has 1 fully saturated rings. The molecular weight excluding hydrogens is 182 g/mol. The molecule has 0 radical (unpaired) electrons. The second-order valence-electron chi connectivity index (χ2n) is 3.56. The molecule has 14 heavy (non-hydrogen) atoms. The predicted octanol–water partition coefficient (Wildman–Crippen LogP) is 0.978. The first-order valence-electron chi connectivity index (χ1n) is 4.72. The van der Waals surface area contributed by atoms with Crippen molar-refractivity contribution in [3.8, 4) is 0 Å². The van der Waals surface area contributed by atoms with Crippen molar-refractivity contribution < 1.29 is 14.6 Å². The summed E-state index contributed by atoms with van der Waals surface area (Å²) in [5, 5.41) is 8.88. The Bertz CT molecular complexity index is 307. The van der Waals surface area contributed by atoms with Gasteiger partial charge in [-0.05, 0) is 18.6 Å². The molecule has 1 aromatic heterocycles. The van der Waals surface area contributed by atoms with Gasteiger partial charge >= 0.3 is 5.97 Å². The highest BCUT2D eigenvalue weighted by Gasteiger charge is 2.33. The third-order valence-corrected chi connectivity index (χ3v) is 2.57. The van der Waals surface area contributed by atoms with Crippen LogP contribution in [0, 0.1) is 5.92 Å². The van der Waals surface area contributed by atoms with Gasteiger partial charge in [0.05, 0.1) is 0 Å². The Morgan fingerprint density at radius 1 is 1.50 bits per heavy atom. The number of ether oxygens (including phenoxy) is 1. The van der Waals surface area contributed by atoms with Gasteiger partial charge in [-0.1, -0.05) is 0 Å². The third kappa shape index (κ3) is 1.80. The van der Waals surface area contributed by atoms with Gasteiger partial charge in [0, 0.05) is 31.5 Å². The van der Waals surface area contributed by atoms with E-state index in [-0.39, 0.29) is 5.92 Å². The summed E-state index contributed by atoms with van der Waals surface area (Å²) in [4.78, 5) is 10.8. The summed E-state index contributed by atoms with van der Waals surface area (Å²) in [6.45, 7) is 1.28. The lowest BCUT2D eigenvalue weighted by atomic mass is 10.0. The normalized spacial score (nSPS) is 26.6. The number of carboxylic acid groups (broad SMARTS) is 1. The number of carbonyl (C=O) groups is 1. The number of aliphatic carboxylic acids is 1. The molecule has 2 atom stereocenters. The summed E-state index contributed by atoms with van der Waals surface area (Å²) in [6.07, 6.45) is 4.08. The summed E-state index contributed by atoms with van der Waals surface area (Å²) in [7, 11) is 0. The minimum Gasteiger partial charge on any atom is -0.479 e. The Labute approximate surface area is 82.1 Å². The third-order valence-electron chi connectivity index (χ3n) is 2.57. The van der Waals surface area contributed by atoms with Crippen LogP contribution in [-0.2, 0) is 16.1 Å². The maximum atomic E-state index is 10.8. The molecule has 0 aromatic carbocycles. The predicted molar refractivity (Wildman–Crippen MR) is 49.9 cm³/mol. The molecule has 1 aliphatic heterocycles. The number of nitrogens with zero attached hydrogens (tertiary/aromatic N) is 1. The molecule has 0 bridgehead atoms. The van der Waals surface area contributed by atoms with Crippen molar-refractivity contribution in [3.63, 3.8) is 0 Å². The zero-order valence-electron chi connectivity index (χ0n) is 7.80. The van der Waals surface area contributed by atoms with Crippen LogP contribution < -0.4 is 0 Å². The van der Waals surface area contributed by atoms with E-state index in [1.54, 1.807) is 0 Å². The van der Waals surface area contributed by atoms with Crippen molar-refractivity contribution in [2.45, 2.75) is 19.1 Å². The average molecular weight is 195 g/mol. The lowest BCUT2D eigenvalue weighted by Gasteiger charge is -2.14. The van der Waals surface area contributed by atoms with Crippen LogP contribution in [0.5, 0.6) is 0 Å². The fourth-order valence-electron chi connectivity index (χ4n) is 1.86. The van der Waals surface area contributed by atoms with Gasteiger partial charge < -0.3 is 14.4 Å². The molecule has 4 nitrogen and oxygen atoms in total. The molecule has 0 spiro atoms. The molecule has 76 valence electrons. The number of carboxylic acids is 1. The van der Waals surface area contributed by atoms with E-state index < -0.39 is 12.1 Å². The molecule has 1 saturated heterocycles. The second-order valence-corrected chi connectivity index (χ2v) is 3.56. The van der Waals surface area contributed by atoms with Gasteiger partial charge in [0.25, 0.3) is 0 Å². The Morgan fingerprint density at radius 3 is 2.86 bits per heavy atom. The van der Waals surface area contributed by atoms with Crippen LogP contribution in [-0.4, -0.2) is 28.4 Å². The van der Waals surface area contributed by atoms with Crippen LogP contribution in [0.15, 0.2) is 24.5 Å². The fourth-order valence-corrected chi connectivity index (χ4v) is 1.86. The summed E-state index contributed by atoms with van der Waals surface area (Å²) in [5.41, 5.74) is 0. The van der Waals surface area contributed by atoms with Crippen molar-refractivity contribution >= 4 is 5.97 Å². The quantitative estimate of drug-likeness (QED) is 0.782. The maximum Gasteiger partial charge on any atom is 0.333 e. The monoisotopic (exact) mass is 195 g/mol. The lowest BCUT2D eigenvalue weighted by Crippen LogP contribution is -2.28. The summed E-state index contributed by atoms with van der Waals surface area (Å²) in [5.74, 6) is -0.750. The van der Waals surface area contributed by atoms with Gasteiger partial charge in [-0.15, -0.1) is 0 Å². The molecule has 1 aliphatic rings. The Hall–Kier alpha value is -1.29. The van der Waals surface area contributed by atoms with Crippen LogP contribution in [0.1, 0.15) is 6.42 Å². The van der Waals surface area contributed by atoms with E-state index in [2.05, 4.69) is 0 Å². The summed E-state index contributed by atoms with van der Waals surface area (Å²) in [6, 6.07) is 3.87. The van der Waals surface area contributed by atoms with E-state index in [1.807, 2.05) is 29.1 Å². The SMILES string of the molecule is O=C(O)C1OCCC1Cn1cccc1. The molecule has 4 heteroatoms. The van der Waals surface area contributed by atoms with Gasteiger partial charge in [-0.3, -0.25) is 0 Å². The molecule has 0 amide bonds. The van der Waals surface area contributed by atoms with E-state index >= 15 is 0 Å². The van der Waals surface area contributed by atoms with Crippen LogP contribution in [0.4, 0.5) is 0 Å². The van der Waals surface area contributed by atoms with Crippen LogP contribution in [0.25, 0.3) is 0 Å². The second kappa shape index (κ2) is 3.84. The van der Waals surface area contributed by atoms with E-state index in [4.69, 9.17) is 9.84 Å². The largest absolute Gasteiger partial charge is 0.479 e. The van der Waals surface area contributed by atoms with Crippen molar-refractivity contribution in [3.05, 3.63) is 24.5 Å². The van der Waals surface area contributed by atoms with E-state index in [0.29, 0.717) is 6.61 Å². The molecule has 2 rings (SSSR count). The molecular formula is C10H13NO3. The zero-order chi connectivity index (χ0) is 9.97. The summed E-state index contributed by atoms with van der Waals surface area (Å²) < 4.78 is 7.16. The minimum absolute atomic E-state index is 0.0971. The zero-order valence-corrected chi connectivity index (χ0v) is 7.80. The molecule has 1 aromatic rings. The number of hydrogen-bond acceptors (Lipinski definition) is 2. The molecule has 2 unspecified atom stereocenters. The van der Waals surface area contributed by atoms with E-state index in [0.717, 1.165) is 13.0 Å². The van der Waals surface area contributed by atoms with Crippen LogP contribution in [0.3, 0.4) is 0 Å². The van der Waals surface area contributed by atoms with Crippen molar-refractivity contribution in [1.29, 1.82) is 0 Å². The van der Waals surface area contributed by atoms with E-state index in [1.165, 1.54) is 0 Å². The van der Waals surface area contributed by atoms with Gasteiger partial charge in [0.15, 0.2) is 6.10 Å². The minimum atomic E-state index is -0.848. The van der Waals surface area contributed by atoms with Gasteiger partial charge in [0.2, 0.25) is 0 Å². The number of aromatic nitrogens is 1. The fraction of sp³-hybridized carbons (Fsp3) is 0.500. The first kappa shape index (κ1) is 9.27. The lowest BCUT2D eigenvalue weighted by molar-refractivity contribution is -0.149. The average Bonchev–Trinajstić information content (AvgIpc) is 2.75. The van der Waals surface area contributed by atoms with E-state index in [9.17, 15) is 4.79 Å². The standard InChI is InChI=1S/C10H13NO3/c12-10(13)9-8(3-6-14-9)7-11-4-1-2-5-11/h1-2,4-5,8-9H,3,6-7H2,(H,12,13). The Kier molecular flexibility index (Phi) is 2.54. The van der Waals surface area contributed by atoms with Crippen molar-refractivity contribution in [2.75, 3.05) is 6.61 Å². The number of rotatable bonds is 3. The molecule has 0 aliphatic carbocycles.